The van der Waals surface area contributed by atoms with Gasteiger partial charge in [0.25, 0.3) is 11.8 Å². The van der Waals surface area contributed by atoms with E-state index < -0.39 is 0 Å². The molecule has 2 aliphatic carbocycles. The van der Waals surface area contributed by atoms with Crippen molar-refractivity contribution in [2.45, 2.75) is 70.9 Å². The van der Waals surface area contributed by atoms with Crippen LogP contribution in [-0.2, 0) is 0 Å². The number of amides is 2. The summed E-state index contributed by atoms with van der Waals surface area (Å²) in [6.45, 7) is 4.00. The minimum atomic E-state index is -0.197. The van der Waals surface area contributed by atoms with Gasteiger partial charge in [-0.05, 0) is 63.1 Å². The lowest BCUT2D eigenvalue weighted by Crippen LogP contribution is -2.39. The second kappa shape index (κ2) is 8.50. The van der Waals surface area contributed by atoms with Gasteiger partial charge < -0.3 is 16.4 Å². The Balaban J connectivity index is 1.52. The third-order valence-corrected chi connectivity index (χ3v) is 6.38. The molecule has 7 nitrogen and oxygen atoms in total. The Bertz CT molecular complexity index is 941. The number of carbonyl (C=O) groups is 2. The van der Waals surface area contributed by atoms with Crippen LogP contribution in [0.4, 0.5) is 5.82 Å². The zero-order chi connectivity index (χ0) is 21.3. The molecule has 1 heterocycles. The fourth-order valence-electron chi connectivity index (χ4n) is 4.24. The third-order valence-electron chi connectivity index (χ3n) is 6.38. The number of anilines is 1. The van der Waals surface area contributed by atoms with Gasteiger partial charge in [-0.2, -0.15) is 5.10 Å². The monoisotopic (exact) mass is 409 g/mol. The summed E-state index contributed by atoms with van der Waals surface area (Å²) in [5.41, 5.74) is 8.88. The van der Waals surface area contributed by atoms with Crippen molar-refractivity contribution in [1.82, 2.24) is 20.4 Å². The van der Waals surface area contributed by atoms with E-state index in [9.17, 15) is 9.59 Å². The lowest BCUT2D eigenvalue weighted by atomic mass is 9.84. The number of benzene rings is 1. The Morgan fingerprint density at radius 2 is 1.87 bits per heavy atom. The van der Waals surface area contributed by atoms with Gasteiger partial charge in [0.1, 0.15) is 11.4 Å². The number of aromatic nitrogens is 2. The van der Waals surface area contributed by atoms with Crippen molar-refractivity contribution in [3.05, 3.63) is 41.1 Å². The first kappa shape index (κ1) is 20.4. The summed E-state index contributed by atoms with van der Waals surface area (Å²) in [5, 5.41) is 10.5. The van der Waals surface area contributed by atoms with Crippen molar-refractivity contribution < 1.29 is 9.59 Å². The number of nitrogens with zero attached hydrogens (tertiary/aromatic N) is 2. The van der Waals surface area contributed by atoms with Gasteiger partial charge >= 0.3 is 0 Å². The molecule has 2 aromatic rings. The van der Waals surface area contributed by atoms with Crippen molar-refractivity contribution in [2.75, 3.05) is 5.73 Å². The van der Waals surface area contributed by atoms with Gasteiger partial charge in [0.15, 0.2) is 0 Å². The molecule has 30 heavy (non-hydrogen) atoms. The highest BCUT2D eigenvalue weighted by atomic mass is 16.2. The smallest absolute Gasteiger partial charge is 0.256 e. The molecule has 2 saturated carbocycles. The van der Waals surface area contributed by atoms with Gasteiger partial charge in [0.05, 0.1) is 11.9 Å². The predicted octanol–water partition coefficient (Wildman–Crippen LogP) is 3.35. The van der Waals surface area contributed by atoms with Crippen molar-refractivity contribution in [3.63, 3.8) is 0 Å². The first-order valence-corrected chi connectivity index (χ1v) is 11.0. The van der Waals surface area contributed by atoms with Crippen LogP contribution in [0.15, 0.2) is 24.4 Å². The van der Waals surface area contributed by atoms with E-state index in [1.54, 1.807) is 16.8 Å². The average Bonchev–Trinajstić information content (AvgIpc) is 3.48. The van der Waals surface area contributed by atoms with Crippen LogP contribution >= 0.6 is 0 Å². The summed E-state index contributed by atoms with van der Waals surface area (Å²) in [7, 11) is 0. The Morgan fingerprint density at radius 1 is 1.13 bits per heavy atom. The normalized spacial score (nSPS) is 18.1. The molecule has 0 spiro atoms. The summed E-state index contributed by atoms with van der Waals surface area (Å²) in [6, 6.07) is 5.86. The highest BCUT2D eigenvalue weighted by Gasteiger charge is 2.26. The van der Waals surface area contributed by atoms with Crippen LogP contribution in [0.5, 0.6) is 0 Å². The van der Waals surface area contributed by atoms with Crippen LogP contribution in [-0.4, -0.2) is 33.7 Å². The van der Waals surface area contributed by atoms with E-state index in [0.717, 1.165) is 31.2 Å². The molecular weight excluding hydrogens is 378 g/mol. The quantitative estimate of drug-likeness (QED) is 0.681. The van der Waals surface area contributed by atoms with E-state index in [0.29, 0.717) is 28.8 Å². The number of nitrogens with one attached hydrogen (secondary N) is 2. The molecule has 160 valence electrons. The average molecular weight is 410 g/mol. The van der Waals surface area contributed by atoms with Crippen LogP contribution in [0, 0.1) is 12.8 Å². The van der Waals surface area contributed by atoms with E-state index in [2.05, 4.69) is 22.7 Å². The molecule has 7 heteroatoms. The molecule has 1 aromatic carbocycles. The number of rotatable bonds is 6. The number of carbonyl (C=O) groups excluding carboxylic acids is 2. The number of nitrogen functional groups attached to an aromatic ring is 1. The minimum absolute atomic E-state index is 0.0937. The summed E-state index contributed by atoms with van der Waals surface area (Å²) < 4.78 is 1.55. The van der Waals surface area contributed by atoms with E-state index in [1.165, 1.54) is 25.5 Å². The molecule has 0 saturated heterocycles. The zero-order valence-electron chi connectivity index (χ0n) is 17.8. The largest absolute Gasteiger partial charge is 0.383 e. The molecule has 4 N–H and O–H groups in total. The second-order valence-corrected chi connectivity index (χ2v) is 8.76. The Labute approximate surface area is 177 Å². The van der Waals surface area contributed by atoms with Gasteiger partial charge in [-0.25, -0.2) is 4.68 Å². The van der Waals surface area contributed by atoms with Crippen molar-refractivity contribution in [3.8, 4) is 5.69 Å². The number of hydrogen-bond donors (Lipinski definition) is 3. The fourth-order valence-corrected chi connectivity index (χ4v) is 4.24. The highest BCUT2D eigenvalue weighted by Crippen LogP contribution is 2.27. The highest BCUT2D eigenvalue weighted by molar-refractivity contribution is 5.99. The summed E-state index contributed by atoms with van der Waals surface area (Å²) in [5.74, 6) is 0.509. The van der Waals surface area contributed by atoms with Crippen molar-refractivity contribution in [1.29, 1.82) is 0 Å². The van der Waals surface area contributed by atoms with Gasteiger partial charge in [-0.15, -0.1) is 0 Å². The summed E-state index contributed by atoms with van der Waals surface area (Å²) in [6.07, 6.45) is 9.64. The molecule has 0 bridgehead atoms. The number of nitrogens with two attached hydrogens (primary N) is 1. The molecule has 4 rings (SSSR count). The predicted molar refractivity (Wildman–Crippen MR) is 117 cm³/mol. The molecule has 2 fully saturated rings. The van der Waals surface area contributed by atoms with Crippen LogP contribution in [0.1, 0.15) is 78.1 Å². The second-order valence-electron chi connectivity index (χ2n) is 8.76. The van der Waals surface area contributed by atoms with E-state index in [-0.39, 0.29) is 23.7 Å². The first-order chi connectivity index (χ1) is 14.4. The SMILES string of the molecule is Cc1ccc(C(=O)NC2CC2)cc1-n1ncc(C(=O)N[C@H](C)C2CCCCC2)c1N. The van der Waals surface area contributed by atoms with Gasteiger partial charge in [-0.1, -0.05) is 25.3 Å². The van der Waals surface area contributed by atoms with Crippen molar-refractivity contribution >= 4 is 17.6 Å². The maximum absolute atomic E-state index is 12.8. The molecule has 2 aliphatic rings. The maximum atomic E-state index is 12.8. The van der Waals surface area contributed by atoms with Crippen LogP contribution < -0.4 is 16.4 Å². The van der Waals surface area contributed by atoms with Gasteiger partial charge in [0.2, 0.25) is 0 Å². The minimum Gasteiger partial charge on any atom is -0.383 e. The van der Waals surface area contributed by atoms with E-state index in [4.69, 9.17) is 5.73 Å². The Kier molecular flexibility index (Phi) is 5.79. The molecule has 2 amide bonds. The van der Waals surface area contributed by atoms with Gasteiger partial charge in [-0.3, -0.25) is 9.59 Å². The zero-order valence-corrected chi connectivity index (χ0v) is 17.8. The van der Waals surface area contributed by atoms with E-state index >= 15 is 0 Å². The Morgan fingerprint density at radius 3 is 2.57 bits per heavy atom. The third kappa shape index (κ3) is 4.35. The molecule has 0 unspecified atom stereocenters. The molecule has 1 aromatic heterocycles. The lowest BCUT2D eigenvalue weighted by Gasteiger charge is -2.28. The molecule has 1 atom stereocenters. The fraction of sp³-hybridized carbons (Fsp3) is 0.522. The Hall–Kier alpha value is -2.83. The summed E-state index contributed by atoms with van der Waals surface area (Å²) >= 11 is 0. The standard InChI is InChI=1S/C23H31N5O2/c1-14-8-9-17(22(29)27-18-10-11-18)12-20(14)28-21(24)19(13-25-28)23(30)26-15(2)16-6-4-3-5-7-16/h8-9,12-13,15-16,18H,3-7,10-11,24H2,1-2H3,(H,26,30)(H,27,29)/t15-/m1/s1. The van der Waals surface area contributed by atoms with Crippen molar-refractivity contribution in [2.24, 2.45) is 5.92 Å². The first-order valence-electron chi connectivity index (χ1n) is 11.0. The van der Waals surface area contributed by atoms with Crippen LogP contribution in [0.25, 0.3) is 5.69 Å². The number of hydrogen-bond acceptors (Lipinski definition) is 4. The lowest BCUT2D eigenvalue weighted by molar-refractivity contribution is 0.0918. The topological polar surface area (TPSA) is 102 Å². The number of aryl methyl sites for hydroxylation is 1. The van der Waals surface area contributed by atoms with Crippen LogP contribution in [0.3, 0.4) is 0 Å². The maximum Gasteiger partial charge on any atom is 0.256 e. The molecule has 0 aliphatic heterocycles. The van der Waals surface area contributed by atoms with E-state index in [1.807, 2.05) is 13.0 Å². The molecule has 0 radical (unpaired) electrons. The van der Waals surface area contributed by atoms with Gasteiger partial charge in [0, 0.05) is 17.6 Å². The molecular formula is C23H31N5O2. The van der Waals surface area contributed by atoms with Crippen LogP contribution in [0.2, 0.25) is 0 Å². The summed E-state index contributed by atoms with van der Waals surface area (Å²) in [4.78, 5) is 25.3.